The molecule has 0 radical (unpaired) electrons. The van der Waals surface area contributed by atoms with Gasteiger partial charge in [-0.3, -0.25) is 4.90 Å². The fourth-order valence-electron chi connectivity index (χ4n) is 4.51. The molecule has 30 heavy (non-hydrogen) atoms. The highest BCUT2D eigenvalue weighted by Gasteiger charge is 2.36. The number of benzene rings is 2. The lowest BCUT2D eigenvalue weighted by atomic mass is 9.94. The molecule has 1 N–H and O–H groups in total. The molecule has 6 heteroatoms. The zero-order chi connectivity index (χ0) is 21.6. The summed E-state index contributed by atoms with van der Waals surface area (Å²) in [6, 6.07) is 8.31. The number of anilines is 1. The first-order chi connectivity index (χ1) is 14.3. The molecule has 2 amide bonds. The molecular weight excluding hydrogens is 378 g/mol. The van der Waals surface area contributed by atoms with Crippen LogP contribution >= 0.6 is 0 Å². The van der Waals surface area contributed by atoms with E-state index in [9.17, 15) is 4.79 Å². The maximum atomic E-state index is 13.2. The van der Waals surface area contributed by atoms with Crippen molar-refractivity contribution in [2.45, 2.75) is 33.4 Å². The number of amides is 2. The molecular formula is C24H29N3O3. The fraction of sp³-hybridized carbons (Fsp3) is 0.375. The van der Waals surface area contributed by atoms with E-state index in [1.807, 2.05) is 24.1 Å². The zero-order valence-electron chi connectivity index (χ0n) is 18.5. The third-order valence-corrected chi connectivity index (χ3v) is 6.02. The Hall–Kier alpha value is -3.15. The van der Waals surface area contributed by atoms with E-state index in [0.29, 0.717) is 18.0 Å². The van der Waals surface area contributed by atoms with Gasteiger partial charge in [-0.25, -0.2) is 4.79 Å². The molecule has 2 aliphatic heterocycles. The minimum atomic E-state index is -0.247. The van der Waals surface area contributed by atoms with E-state index >= 15 is 0 Å². The van der Waals surface area contributed by atoms with Gasteiger partial charge in [-0.15, -0.1) is 0 Å². The molecule has 2 aliphatic rings. The molecule has 0 spiro atoms. The maximum absolute atomic E-state index is 13.2. The van der Waals surface area contributed by atoms with Crippen molar-refractivity contribution >= 4 is 17.4 Å². The number of rotatable bonds is 4. The van der Waals surface area contributed by atoms with Crippen LogP contribution in [0.1, 0.15) is 27.8 Å². The molecule has 0 saturated carbocycles. The van der Waals surface area contributed by atoms with E-state index in [-0.39, 0.29) is 12.2 Å². The number of nitrogens with zero attached hydrogens (tertiary/aromatic N) is 2. The van der Waals surface area contributed by atoms with E-state index in [1.54, 1.807) is 19.1 Å². The zero-order valence-corrected chi connectivity index (χ0v) is 18.5. The van der Waals surface area contributed by atoms with Gasteiger partial charge in [0, 0.05) is 24.8 Å². The fourth-order valence-corrected chi connectivity index (χ4v) is 4.51. The Kier molecular flexibility index (Phi) is 5.10. The molecule has 0 aliphatic carbocycles. The Morgan fingerprint density at radius 2 is 1.63 bits per heavy atom. The molecule has 1 unspecified atom stereocenters. The van der Waals surface area contributed by atoms with Crippen LogP contribution in [0.4, 0.5) is 10.5 Å². The number of carbonyl (C=O) groups is 1. The van der Waals surface area contributed by atoms with Crippen LogP contribution in [0.3, 0.4) is 0 Å². The Labute approximate surface area is 178 Å². The van der Waals surface area contributed by atoms with E-state index < -0.39 is 0 Å². The first-order valence-electron chi connectivity index (χ1n) is 10.2. The van der Waals surface area contributed by atoms with Crippen molar-refractivity contribution in [3.63, 3.8) is 0 Å². The number of methoxy groups -OCH3 is 2. The van der Waals surface area contributed by atoms with E-state index in [4.69, 9.17) is 9.47 Å². The van der Waals surface area contributed by atoms with Crippen LogP contribution in [0.5, 0.6) is 11.5 Å². The minimum Gasteiger partial charge on any atom is -0.493 e. The summed E-state index contributed by atoms with van der Waals surface area (Å²) in [6.45, 7) is 6.94. The molecule has 2 heterocycles. The number of urea groups is 1. The summed E-state index contributed by atoms with van der Waals surface area (Å²) in [5, 5.41) is 3.59. The van der Waals surface area contributed by atoms with Crippen LogP contribution in [0, 0.1) is 20.8 Å². The molecule has 0 saturated heterocycles. The third kappa shape index (κ3) is 3.26. The largest absolute Gasteiger partial charge is 0.493 e. The normalized spacial score (nSPS) is 17.9. The molecule has 158 valence electrons. The highest BCUT2D eigenvalue weighted by atomic mass is 16.5. The number of hydrogen-bond donors (Lipinski definition) is 1. The summed E-state index contributed by atoms with van der Waals surface area (Å²) in [7, 11) is 5.12. The summed E-state index contributed by atoms with van der Waals surface area (Å²) < 4.78 is 11.0. The summed E-state index contributed by atoms with van der Waals surface area (Å²) in [5.74, 6) is 1.38. The van der Waals surface area contributed by atoms with Crippen LogP contribution in [0.2, 0.25) is 0 Å². The smallest absolute Gasteiger partial charge is 0.326 e. The van der Waals surface area contributed by atoms with Crippen LogP contribution in [0.15, 0.2) is 30.3 Å². The van der Waals surface area contributed by atoms with Gasteiger partial charge in [0.05, 0.1) is 19.9 Å². The number of ether oxygens (including phenoxy) is 2. The van der Waals surface area contributed by atoms with Crippen molar-refractivity contribution in [3.05, 3.63) is 58.2 Å². The molecule has 2 aromatic rings. The highest BCUT2D eigenvalue weighted by molar-refractivity contribution is 5.91. The van der Waals surface area contributed by atoms with Gasteiger partial charge in [0.15, 0.2) is 11.5 Å². The second-order valence-corrected chi connectivity index (χ2v) is 8.07. The topological polar surface area (TPSA) is 54.0 Å². The molecule has 6 nitrogen and oxygen atoms in total. The second kappa shape index (κ2) is 7.59. The summed E-state index contributed by atoms with van der Waals surface area (Å²) >= 11 is 0. The molecule has 2 aromatic carbocycles. The number of aryl methyl sites for hydroxylation is 3. The summed E-state index contributed by atoms with van der Waals surface area (Å²) in [5.41, 5.74) is 7.74. The van der Waals surface area contributed by atoms with Gasteiger partial charge in [-0.2, -0.15) is 0 Å². The van der Waals surface area contributed by atoms with Gasteiger partial charge in [0.2, 0.25) is 0 Å². The lowest BCUT2D eigenvalue weighted by Crippen LogP contribution is -2.53. The van der Waals surface area contributed by atoms with Crippen LogP contribution in [-0.4, -0.2) is 49.8 Å². The van der Waals surface area contributed by atoms with Gasteiger partial charge in [-0.05, 0) is 62.1 Å². The van der Waals surface area contributed by atoms with Crippen molar-refractivity contribution in [1.29, 1.82) is 0 Å². The first-order valence-corrected chi connectivity index (χ1v) is 10.2. The number of fused-ring (bicyclic) bond motifs is 3. The Balaban J connectivity index is 1.78. The highest BCUT2D eigenvalue weighted by Crippen LogP contribution is 2.40. The summed E-state index contributed by atoms with van der Waals surface area (Å²) in [6.07, 6.45) is 2.66. The lowest BCUT2D eigenvalue weighted by molar-refractivity contribution is 0.170. The predicted molar refractivity (Wildman–Crippen MR) is 119 cm³/mol. The Morgan fingerprint density at radius 3 is 2.27 bits per heavy atom. The molecule has 1 atom stereocenters. The predicted octanol–water partition coefficient (Wildman–Crippen LogP) is 4.33. The van der Waals surface area contributed by atoms with Gasteiger partial charge in [-0.1, -0.05) is 17.7 Å². The SMILES string of the molecule is COc1cc2c(cc1OC)C1=CC(Nc3c(C)cc(C)cc3C)N(C)C(=O)N1CC2. The molecule has 0 fully saturated rings. The van der Waals surface area contributed by atoms with Gasteiger partial charge in [0.25, 0.3) is 0 Å². The number of nitrogens with one attached hydrogen (secondary N) is 1. The minimum absolute atomic E-state index is 0.00662. The second-order valence-electron chi connectivity index (χ2n) is 8.07. The third-order valence-electron chi connectivity index (χ3n) is 6.02. The van der Waals surface area contributed by atoms with E-state index in [1.165, 1.54) is 16.7 Å². The molecule has 0 aromatic heterocycles. The van der Waals surface area contributed by atoms with E-state index in [0.717, 1.165) is 28.9 Å². The van der Waals surface area contributed by atoms with Crippen molar-refractivity contribution in [3.8, 4) is 11.5 Å². The van der Waals surface area contributed by atoms with Crippen LogP contribution in [-0.2, 0) is 6.42 Å². The van der Waals surface area contributed by atoms with Crippen molar-refractivity contribution in [1.82, 2.24) is 9.80 Å². The van der Waals surface area contributed by atoms with Gasteiger partial charge < -0.3 is 19.7 Å². The summed E-state index contributed by atoms with van der Waals surface area (Å²) in [4.78, 5) is 16.8. The van der Waals surface area contributed by atoms with Crippen molar-refractivity contribution in [2.75, 3.05) is 33.1 Å². The quantitative estimate of drug-likeness (QED) is 0.820. The van der Waals surface area contributed by atoms with E-state index in [2.05, 4.69) is 44.3 Å². The van der Waals surface area contributed by atoms with Crippen molar-refractivity contribution in [2.24, 2.45) is 0 Å². The number of hydrogen-bond acceptors (Lipinski definition) is 4. The van der Waals surface area contributed by atoms with Crippen LogP contribution in [0.25, 0.3) is 5.70 Å². The van der Waals surface area contributed by atoms with Gasteiger partial charge >= 0.3 is 6.03 Å². The molecule has 0 bridgehead atoms. The number of likely N-dealkylation sites (N-methyl/N-ethyl adjacent to an activating group) is 1. The Morgan fingerprint density at radius 1 is 1.00 bits per heavy atom. The standard InChI is InChI=1S/C24H29N3O3/c1-14-9-15(2)23(16(3)10-14)25-22-13-19-18-12-21(30-6)20(29-5)11-17(18)7-8-27(19)24(28)26(22)4/h9-13,22,25H,7-8H2,1-6H3. The van der Waals surface area contributed by atoms with Crippen molar-refractivity contribution < 1.29 is 14.3 Å². The average Bonchev–Trinajstić information content (AvgIpc) is 2.72. The van der Waals surface area contributed by atoms with Crippen LogP contribution < -0.4 is 14.8 Å². The average molecular weight is 408 g/mol. The monoisotopic (exact) mass is 407 g/mol. The first kappa shape index (κ1) is 20.1. The number of carbonyl (C=O) groups excluding carboxylic acids is 1. The Bertz CT molecular complexity index is 1020. The lowest BCUT2D eigenvalue weighted by Gasteiger charge is -2.42. The maximum Gasteiger partial charge on any atom is 0.326 e. The van der Waals surface area contributed by atoms with Gasteiger partial charge in [0.1, 0.15) is 6.17 Å². The molecule has 4 rings (SSSR count).